The van der Waals surface area contributed by atoms with Gasteiger partial charge in [-0.15, -0.1) is 10.2 Å². The van der Waals surface area contributed by atoms with Gasteiger partial charge in [0.1, 0.15) is 5.69 Å². The first kappa shape index (κ1) is 16.4. The van der Waals surface area contributed by atoms with Crippen LogP contribution in [-0.4, -0.2) is 31.7 Å². The molecule has 0 spiro atoms. The zero-order valence-electron chi connectivity index (χ0n) is 15.0. The number of nitrogens with one attached hydrogen (secondary N) is 1. The molecule has 3 heterocycles. The second-order valence-electron chi connectivity index (χ2n) is 6.67. The number of aromatic amines is 1. The van der Waals surface area contributed by atoms with Gasteiger partial charge in [0, 0.05) is 22.4 Å². The van der Waals surface area contributed by atoms with Gasteiger partial charge in [-0.05, 0) is 24.3 Å². The zero-order valence-corrected chi connectivity index (χ0v) is 15.0. The van der Waals surface area contributed by atoms with Crippen LogP contribution >= 0.6 is 0 Å². The summed E-state index contributed by atoms with van der Waals surface area (Å²) in [6, 6.07) is 17.3. The lowest BCUT2D eigenvalue weighted by Crippen LogP contribution is -2.38. The summed E-state index contributed by atoms with van der Waals surface area (Å²) in [6.07, 6.45) is 0. The van der Waals surface area contributed by atoms with E-state index in [1.807, 2.05) is 61.5 Å². The summed E-state index contributed by atoms with van der Waals surface area (Å²) in [5.41, 5.74) is 4.13. The van der Waals surface area contributed by atoms with Gasteiger partial charge in [-0.25, -0.2) is 0 Å². The average molecular weight is 372 g/mol. The predicted molar refractivity (Wildman–Crippen MR) is 101 cm³/mol. The summed E-state index contributed by atoms with van der Waals surface area (Å²) in [5, 5.41) is 18.3. The van der Waals surface area contributed by atoms with Crippen molar-refractivity contribution in [3.8, 4) is 22.7 Å². The maximum Gasteiger partial charge on any atom is 0.236 e. The van der Waals surface area contributed by atoms with Crippen LogP contribution in [0.1, 0.15) is 24.1 Å². The molecule has 8 heteroatoms. The summed E-state index contributed by atoms with van der Waals surface area (Å²) < 4.78 is 5.63. The Morgan fingerprint density at radius 1 is 1.11 bits per heavy atom. The maximum absolute atomic E-state index is 13.0. The number of tetrazole rings is 1. The number of rotatable bonds is 3. The van der Waals surface area contributed by atoms with Gasteiger partial charge in [0.25, 0.3) is 0 Å². The Labute approximate surface area is 160 Å². The molecule has 28 heavy (non-hydrogen) atoms. The second kappa shape index (κ2) is 6.41. The van der Waals surface area contributed by atoms with Crippen molar-refractivity contribution >= 4 is 11.6 Å². The van der Waals surface area contributed by atoms with Crippen LogP contribution in [0.5, 0.6) is 0 Å². The Morgan fingerprint density at radius 2 is 1.93 bits per heavy atom. The van der Waals surface area contributed by atoms with Gasteiger partial charge in [0.15, 0.2) is 5.76 Å². The van der Waals surface area contributed by atoms with Crippen molar-refractivity contribution < 1.29 is 9.32 Å². The van der Waals surface area contributed by atoms with E-state index >= 15 is 0 Å². The zero-order chi connectivity index (χ0) is 19.1. The fourth-order valence-corrected chi connectivity index (χ4v) is 3.53. The molecule has 1 amide bonds. The largest absolute Gasteiger partial charge is 0.356 e. The van der Waals surface area contributed by atoms with Crippen molar-refractivity contribution in [2.45, 2.75) is 19.4 Å². The Balaban J connectivity index is 1.56. The van der Waals surface area contributed by atoms with E-state index in [1.165, 1.54) is 0 Å². The minimum Gasteiger partial charge on any atom is -0.356 e. The van der Waals surface area contributed by atoms with Gasteiger partial charge in [-0.2, -0.15) is 5.21 Å². The van der Waals surface area contributed by atoms with Gasteiger partial charge in [0.05, 0.1) is 12.5 Å². The van der Waals surface area contributed by atoms with E-state index in [4.69, 9.17) is 4.52 Å². The minimum absolute atomic E-state index is 0.0225. The number of anilines is 1. The highest BCUT2D eigenvalue weighted by molar-refractivity contribution is 6.00. The Kier molecular flexibility index (Phi) is 3.75. The van der Waals surface area contributed by atoms with Crippen LogP contribution in [-0.2, 0) is 11.3 Å². The molecule has 5 rings (SSSR count). The smallest absolute Gasteiger partial charge is 0.236 e. The van der Waals surface area contributed by atoms with Gasteiger partial charge in [-0.3, -0.25) is 4.79 Å². The molecule has 0 saturated heterocycles. The lowest BCUT2D eigenvalue weighted by molar-refractivity contribution is -0.120. The molecular formula is C20H16N6O2. The number of hydrogen-bond acceptors (Lipinski definition) is 6. The second-order valence-corrected chi connectivity index (χ2v) is 6.67. The van der Waals surface area contributed by atoms with E-state index in [1.54, 1.807) is 4.90 Å². The summed E-state index contributed by atoms with van der Waals surface area (Å²) in [7, 11) is 0. The molecule has 1 unspecified atom stereocenters. The number of benzene rings is 2. The molecule has 0 radical (unpaired) electrons. The van der Waals surface area contributed by atoms with E-state index in [0.717, 1.165) is 22.4 Å². The molecule has 2 aromatic carbocycles. The van der Waals surface area contributed by atoms with Crippen LogP contribution in [0.2, 0.25) is 0 Å². The third-order valence-corrected chi connectivity index (χ3v) is 4.98. The summed E-state index contributed by atoms with van der Waals surface area (Å²) in [5.74, 6) is 0.772. The number of carbonyl (C=O) groups is 1. The lowest BCUT2D eigenvalue weighted by atomic mass is 9.93. The fraction of sp³-hybridized carbons (Fsp3) is 0.150. The van der Waals surface area contributed by atoms with Crippen molar-refractivity contribution in [2.24, 2.45) is 0 Å². The highest BCUT2D eigenvalue weighted by Gasteiger charge is 2.36. The average Bonchev–Trinajstić information content (AvgIpc) is 3.41. The highest BCUT2D eigenvalue weighted by Crippen LogP contribution is 2.38. The first-order valence-corrected chi connectivity index (χ1v) is 8.91. The SMILES string of the molecule is CC1C(=O)N(c2cccc(-c3nn[nH]n3)c2)Cc2c1noc2-c1ccccc1. The molecule has 8 nitrogen and oxygen atoms in total. The Bertz CT molecular complexity index is 1140. The molecule has 0 bridgehead atoms. The molecule has 1 atom stereocenters. The molecular weight excluding hydrogens is 356 g/mol. The number of carbonyl (C=O) groups excluding carboxylic acids is 1. The number of nitrogens with zero attached hydrogens (tertiary/aromatic N) is 5. The van der Waals surface area contributed by atoms with E-state index in [2.05, 4.69) is 25.8 Å². The van der Waals surface area contributed by atoms with Gasteiger partial charge in [0.2, 0.25) is 11.7 Å². The number of amides is 1. The third kappa shape index (κ3) is 2.58. The molecule has 0 aliphatic carbocycles. The standard InChI is InChI=1S/C20H16N6O2/c1-12-17-16(18(28-23-17)13-6-3-2-4-7-13)11-26(20(12)27)15-9-5-8-14(10-15)19-21-24-25-22-19/h2-10,12H,11H2,1H3,(H,21,22,24,25). The summed E-state index contributed by atoms with van der Waals surface area (Å²) in [6.45, 7) is 2.25. The van der Waals surface area contributed by atoms with Crippen LogP contribution in [0.25, 0.3) is 22.7 Å². The Morgan fingerprint density at radius 3 is 2.71 bits per heavy atom. The summed E-state index contributed by atoms with van der Waals surface area (Å²) in [4.78, 5) is 14.8. The van der Waals surface area contributed by atoms with Crippen molar-refractivity contribution in [3.05, 3.63) is 65.9 Å². The van der Waals surface area contributed by atoms with E-state index in [-0.39, 0.29) is 5.91 Å². The molecule has 138 valence electrons. The first-order valence-electron chi connectivity index (χ1n) is 8.91. The van der Waals surface area contributed by atoms with Crippen LogP contribution in [0.15, 0.2) is 59.1 Å². The minimum atomic E-state index is -0.390. The van der Waals surface area contributed by atoms with Gasteiger partial charge >= 0.3 is 0 Å². The van der Waals surface area contributed by atoms with Crippen molar-refractivity contribution in [1.82, 2.24) is 25.8 Å². The number of fused-ring (bicyclic) bond motifs is 1. The fourth-order valence-electron chi connectivity index (χ4n) is 3.53. The van der Waals surface area contributed by atoms with Crippen molar-refractivity contribution in [3.63, 3.8) is 0 Å². The lowest BCUT2D eigenvalue weighted by Gasteiger charge is -2.30. The van der Waals surface area contributed by atoms with Crippen molar-refractivity contribution in [2.75, 3.05) is 4.90 Å². The first-order chi connectivity index (χ1) is 13.7. The number of aromatic nitrogens is 5. The molecule has 1 aliphatic rings. The monoisotopic (exact) mass is 372 g/mol. The summed E-state index contributed by atoms with van der Waals surface area (Å²) >= 11 is 0. The van der Waals surface area contributed by atoms with Crippen LogP contribution < -0.4 is 4.90 Å². The molecule has 4 aromatic rings. The molecule has 1 aliphatic heterocycles. The predicted octanol–water partition coefficient (Wildman–Crippen LogP) is 3.17. The van der Waals surface area contributed by atoms with E-state index in [0.29, 0.717) is 23.8 Å². The maximum atomic E-state index is 13.0. The van der Waals surface area contributed by atoms with Crippen molar-refractivity contribution in [1.29, 1.82) is 0 Å². The number of hydrogen-bond donors (Lipinski definition) is 1. The Hall–Kier alpha value is -3.81. The van der Waals surface area contributed by atoms with Gasteiger partial charge in [-0.1, -0.05) is 47.6 Å². The van der Waals surface area contributed by atoms with Crippen LogP contribution in [0, 0.1) is 0 Å². The topological polar surface area (TPSA) is 101 Å². The van der Waals surface area contributed by atoms with E-state index < -0.39 is 5.92 Å². The van der Waals surface area contributed by atoms with Gasteiger partial charge < -0.3 is 9.42 Å². The van der Waals surface area contributed by atoms with E-state index in [9.17, 15) is 4.79 Å². The third-order valence-electron chi connectivity index (χ3n) is 4.98. The quantitative estimate of drug-likeness (QED) is 0.593. The molecule has 1 N–H and O–H groups in total. The van der Waals surface area contributed by atoms with Crippen LogP contribution in [0.4, 0.5) is 5.69 Å². The molecule has 0 saturated carbocycles. The molecule has 0 fully saturated rings. The highest BCUT2D eigenvalue weighted by atomic mass is 16.5. The number of H-pyrrole nitrogens is 1. The normalized spacial score (nSPS) is 16.2. The molecule has 2 aromatic heterocycles. The van der Waals surface area contributed by atoms with Crippen LogP contribution in [0.3, 0.4) is 0 Å².